The molecule has 0 unspecified atom stereocenters. The number of halogens is 1. The number of ether oxygens (including phenoxy) is 2. The first-order valence-electron chi connectivity index (χ1n) is 8.74. The number of aromatic amines is 1. The Morgan fingerprint density at radius 2 is 1.87 bits per heavy atom. The molecule has 162 valence electrons. The average Bonchev–Trinajstić information content (AvgIpc) is 3.10. The van der Waals surface area contributed by atoms with Gasteiger partial charge in [-0.05, 0) is 0 Å². The van der Waals surface area contributed by atoms with Gasteiger partial charge in [-0.15, -0.1) is 0 Å². The fourth-order valence-corrected chi connectivity index (χ4v) is 3.86. The van der Waals surface area contributed by atoms with E-state index in [2.05, 4.69) is 15.0 Å². The molecule has 0 bridgehead atoms. The van der Waals surface area contributed by atoms with Crippen molar-refractivity contribution in [1.29, 1.82) is 0 Å². The van der Waals surface area contributed by atoms with Crippen molar-refractivity contribution in [3.8, 4) is 0 Å². The number of hydrogen-bond donors (Lipinski definition) is 4. The minimum absolute atomic E-state index is 0.0277. The van der Waals surface area contributed by atoms with Crippen LogP contribution >= 0.6 is 11.6 Å². The number of carboxylic acid groups (broad SMARTS) is 2. The number of nitrogens with zero attached hydrogens (tertiary/aromatic N) is 3. The molecule has 0 amide bonds. The molecule has 5 N–H and O–H groups in total. The Kier molecular flexibility index (Phi) is 5.94. The number of nitrogens with one attached hydrogen (secondary N) is 1. The fourth-order valence-electron chi connectivity index (χ4n) is 3.64. The average molecular weight is 444 g/mol. The second-order valence-corrected chi connectivity index (χ2v) is 7.12. The van der Waals surface area contributed by atoms with Crippen molar-refractivity contribution in [3.05, 3.63) is 15.6 Å². The first-order valence-corrected chi connectivity index (χ1v) is 9.12. The van der Waals surface area contributed by atoms with E-state index in [1.54, 1.807) is 0 Å². The van der Waals surface area contributed by atoms with Crippen LogP contribution in [0.5, 0.6) is 0 Å². The predicted molar refractivity (Wildman–Crippen MR) is 99.6 cm³/mol. The Morgan fingerprint density at radius 1 is 1.23 bits per heavy atom. The molecular formula is C16H18ClN5O8. The summed E-state index contributed by atoms with van der Waals surface area (Å²) in [7, 11) is 0. The van der Waals surface area contributed by atoms with Crippen molar-refractivity contribution in [2.75, 3.05) is 12.3 Å². The number of carboxylic acids is 2. The molecule has 1 aliphatic rings. The van der Waals surface area contributed by atoms with Gasteiger partial charge in [-0.3, -0.25) is 14.4 Å². The minimum Gasteiger partial charge on any atom is -0.481 e. The SMILES string of the molecule is CC(=O)OC[C@@H]1O[C@@H](n2c(=O)[nH]c3c(Cl)nc(N)nc32)[C@H](CC(=O)O)[C@@H]1CC(=O)O. The number of fused-ring (bicyclic) bond motifs is 1. The topological polar surface area (TPSA) is 200 Å². The third-order valence-corrected chi connectivity index (χ3v) is 5.05. The van der Waals surface area contributed by atoms with Gasteiger partial charge in [0.2, 0.25) is 5.95 Å². The molecule has 30 heavy (non-hydrogen) atoms. The van der Waals surface area contributed by atoms with E-state index in [0.717, 1.165) is 4.57 Å². The molecule has 4 atom stereocenters. The third kappa shape index (κ3) is 4.21. The lowest BCUT2D eigenvalue weighted by molar-refractivity contribution is -0.147. The van der Waals surface area contributed by atoms with Gasteiger partial charge >= 0.3 is 23.6 Å². The molecule has 0 spiro atoms. The molecule has 0 aromatic carbocycles. The lowest BCUT2D eigenvalue weighted by Gasteiger charge is -2.21. The maximum absolute atomic E-state index is 12.6. The summed E-state index contributed by atoms with van der Waals surface area (Å²) in [6, 6.07) is 0. The number of rotatable bonds is 7. The van der Waals surface area contributed by atoms with Gasteiger partial charge in [-0.25, -0.2) is 9.36 Å². The molecule has 2 aromatic rings. The first kappa shape index (κ1) is 21.5. The van der Waals surface area contributed by atoms with Gasteiger partial charge in [-0.1, -0.05) is 11.6 Å². The summed E-state index contributed by atoms with van der Waals surface area (Å²) in [5.74, 6) is -5.10. The van der Waals surface area contributed by atoms with Gasteiger partial charge < -0.3 is 30.4 Å². The van der Waals surface area contributed by atoms with E-state index in [-0.39, 0.29) is 28.9 Å². The van der Waals surface area contributed by atoms with Gasteiger partial charge in [-0.2, -0.15) is 9.97 Å². The van der Waals surface area contributed by atoms with E-state index >= 15 is 0 Å². The number of aromatic nitrogens is 4. The summed E-state index contributed by atoms with van der Waals surface area (Å²) in [6.45, 7) is 0.855. The Bertz CT molecular complexity index is 1070. The van der Waals surface area contributed by atoms with Crippen molar-refractivity contribution in [2.45, 2.75) is 32.1 Å². The van der Waals surface area contributed by atoms with Crippen molar-refractivity contribution in [1.82, 2.24) is 19.5 Å². The van der Waals surface area contributed by atoms with Gasteiger partial charge in [0.25, 0.3) is 0 Å². The van der Waals surface area contributed by atoms with Crippen LogP contribution < -0.4 is 11.4 Å². The highest BCUT2D eigenvalue weighted by atomic mass is 35.5. The van der Waals surface area contributed by atoms with Crippen LogP contribution in [0.3, 0.4) is 0 Å². The minimum atomic E-state index is -1.22. The van der Waals surface area contributed by atoms with Gasteiger partial charge in [0, 0.05) is 18.8 Å². The number of nitrogen functional groups attached to an aromatic ring is 1. The number of hydrogen-bond acceptors (Lipinski definition) is 9. The zero-order chi connectivity index (χ0) is 22.2. The second-order valence-electron chi connectivity index (χ2n) is 6.76. The molecular weight excluding hydrogens is 426 g/mol. The smallest absolute Gasteiger partial charge is 0.329 e. The highest BCUT2D eigenvalue weighted by Crippen LogP contribution is 2.43. The monoisotopic (exact) mass is 443 g/mol. The number of aliphatic carboxylic acids is 2. The summed E-state index contributed by atoms with van der Waals surface area (Å²) in [6.07, 6.45) is -3.16. The van der Waals surface area contributed by atoms with Gasteiger partial charge in [0.1, 0.15) is 18.4 Å². The zero-order valence-electron chi connectivity index (χ0n) is 15.6. The zero-order valence-corrected chi connectivity index (χ0v) is 16.3. The summed E-state index contributed by atoms with van der Waals surface area (Å²) in [4.78, 5) is 56.9. The molecule has 3 rings (SSSR count). The van der Waals surface area contributed by atoms with E-state index in [4.69, 9.17) is 26.8 Å². The number of nitrogens with two attached hydrogens (primary N) is 1. The highest BCUT2D eigenvalue weighted by Gasteiger charge is 2.48. The molecule has 0 aliphatic carbocycles. The first-order chi connectivity index (χ1) is 14.1. The van der Waals surface area contributed by atoms with Crippen LogP contribution in [0.15, 0.2) is 4.79 Å². The quantitative estimate of drug-likeness (QED) is 0.331. The molecule has 0 radical (unpaired) electrons. The maximum Gasteiger partial charge on any atom is 0.329 e. The van der Waals surface area contributed by atoms with Crippen LogP contribution in [0, 0.1) is 11.8 Å². The van der Waals surface area contributed by atoms with Crippen LogP contribution in [0.4, 0.5) is 5.95 Å². The van der Waals surface area contributed by atoms with Crippen LogP contribution in [-0.2, 0) is 23.9 Å². The summed E-state index contributed by atoms with van der Waals surface area (Å²) in [5.41, 5.74) is 4.92. The number of carbonyl (C=O) groups excluding carboxylic acids is 1. The van der Waals surface area contributed by atoms with Crippen molar-refractivity contribution in [3.63, 3.8) is 0 Å². The lowest BCUT2D eigenvalue weighted by Crippen LogP contribution is -2.31. The summed E-state index contributed by atoms with van der Waals surface area (Å²) >= 11 is 6.00. The van der Waals surface area contributed by atoms with E-state index in [1.807, 2.05) is 0 Å². The van der Waals surface area contributed by atoms with Crippen molar-refractivity contribution in [2.24, 2.45) is 11.8 Å². The lowest BCUT2D eigenvalue weighted by atomic mass is 9.84. The number of esters is 1. The Labute approximate surface area is 172 Å². The molecule has 0 saturated carbocycles. The van der Waals surface area contributed by atoms with E-state index < -0.39 is 60.6 Å². The molecule has 14 heteroatoms. The Hall–Kier alpha value is -3.19. The second kappa shape index (κ2) is 8.28. The van der Waals surface area contributed by atoms with Gasteiger partial charge in [0.05, 0.1) is 18.9 Å². The standard InChI is InChI=1S/C16H18ClN5O8/c1-5(23)29-4-8-6(2-9(24)25)7(3-10(26)27)14(30-8)22-13-11(19-16(22)28)12(17)20-15(18)21-13/h6-8,14H,2-4H2,1H3,(H,19,28)(H,24,25)(H,26,27)(H2,18,20,21)/t6-,7+,8-,14+/m0/s1. The normalized spacial score (nSPS) is 23.5. The number of imidazole rings is 1. The predicted octanol–water partition coefficient (Wildman–Crippen LogP) is -0.00250. The molecule has 13 nitrogen and oxygen atoms in total. The van der Waals surface area contributed by atoms with Crippen LogP contribution in [-0.4, -0.2) is 60.4 Å². The molecule has 1 aliphatic heterocycles. The number of carbonyl (C=O) groups is 3. The molecule has 1 saturated heterocycles. The Morgan fingerprint density at radius 3 is 2.47 bits per heavy atom. The Balaban J connectivity index is 2.11. The van der Waals surface area contributed by atoms with Crippen molar-refractivity contribution >= 4 is 46.6 Å². The third-order valence-electron chi connectivity index (χ3n) is 4.78. The number of anilines is 1. The highest BCUT2D eigenvalue weighted by molar-refractivity contribution is 6.33. The van der Waals surface area contributed by atoms with E-state index in [0.29, 0.717) is 0 Å². The van der Waals surface area contributed by atoms with Crippen LogP contribution in [0.1, 0.15) is 26.0 Å². The summed E-state index contributed by atoms with van der Waals surface area (Å²) < 4.78 is 11.8. The van der Waals surface area contributed by atoms with Crippen molar-refractivity contribution < 1.29 is 34.1 Å². The summed E-state index contributed by atoms with van der Waals surface area (Å²) in [5, 5.41) is 18.5. The maximum atomic E-state index is 12.6. The fraction of sp³-hybridized carbons (Fsp3) is 0.500. The van der Waals surface area contributed by atoms with E-state index in [1.165, 1.54) is 6.92 Å². The number of H-pyrrole nitrogens is 1. The largest absolute Gasteiger partial charge is 0.481 e. The molecule has 3 heterocycles. The van der Waals surface area contributed by atoms with Crippen LogP contribution in [0.2, 0.25) is 5.15 Å². The molecule has 1 fully saturated rings. The molecule has 2 aromatic heterocycles. The van der Waals surface area contributed by atoms with Gasteiger partial charge in [0.15, 0.2) is 10.8 Å². The van der Waals surface area contributed by atoms with E-state index in [9.17, 15) is 29.4 Å². The van der Waals surface area contributed by atoms with Crippen LogP contribution in [0.25, 0.3) is 11.2 Å².